The second kappa shape index (κ2) is 20.5. The molecule has 1 aliphatic carbocycles. The standard InChI is InChI=1S/C39H45N5O10S/c1-23(2)17-31(43-34(46)19-41-38(51)54-21-30-28-15-9-7-13-26(28)27-14-8-10-16-29(27)30)35(47)40-18-33(45)44-32(36(48)49)22-55-37(50)24(3)42-39(52)53-20-25-11-5-4-6-12-25/h4-16,23-24,30-32H,17-22H2,1-3H3,(H,40,47)(H,41,51)(H,42,52)(H,43,46)(H,44,45)(H,48,49)/t24-,31-,32-/m0/s1. The van der Waals surface area contributed by atoms with Crippen molar-refractivity contribution in [3.8, 4) is 11.1 Å². The van der Waals surface area contributed by atoms with Crippen molar-refractivity contribution in [1.29, 1.82) is 0 Å². The second-order valence-corrected chi connectivity index (χ2v) is 14.2. The van der Waals surface area contributed by atoms with E-state index in [-0.39, 0.29) is 37.2 Å². The van der Waals surface area contributed by atoms with Gasteiger partial charge in [-0.1, -0.05) is 104 Å². The molecule has 1 aliphatic rings. The monoisotopic (exact) mass is 775 g/mol. The van der Waals surface area contributed by atoms with E-state index in [2.05, 4.69) is 26.6 Å². The molecular weight excluding hydrogens is 731 g/mol. The number of benzene rings is 3. The third-order valence-corrected chi connectivity index (χ3v) is 9.58. The highest BCUT2D eigenvalue weighted by Gasteiger charge is 2.30. The molecule has 16 heteroatoms. The van der Waals surface area contributed by atoms with E-state index in [0.29, 0.717) is 11.8 Å². The molecule has 3 aromatic rings. The van der Waals surface area contributed by atoms with Gasteiger partial charge in [-0.3, -0.25) is 19.2 Å². The van der Waals surface area contributed by atoms with E-state index in [1.54, 1.807) is 24.3 Å². The first-order valence-electron chi connectivity index (χ1n) is 17.6. The fraction of sp³-hybridized carbons (Fsp3) is 0.359. The van der Waals surface area contributed by atoms with Crippen molar-refractivity contribution in [2.45, 2.75) is 57.8 Å². The van der Waals surface area contributed by atoms with Crippen molar-refractivity contribution in [2.75, 3.05) is 25.4 Å². The number of carboxylic acid groups (broad SMARTS) is 1. The highest BCUT2D eigenvalue weighted by molar-refractivity contribution is 8.13. The maximum absolute atomic E-state index is 13.0. The predicted molar refractivity (Wildman–Crippen MR) is 204 cm³/mol. The topological polar surface area (TPSA) is 218 Å². The fourth-order valence-electron chi connectivity index (χ4n) is 5.75. The fourth-order valence-corrected chi connectivity index (χ4v) is 6.62. The summed E-state index contributed by atoms with van der Waals surface area (Å²) in [6, 6.07) is 21.1. The molecule has 0 fully saturated rings. The Bertz CT molecular complexity index is 1810. The number of fused-ring (bicyclic) bond motifs is 3. The summed E-state index contributed by atoms with van der Waals surface area (Å²) in [6.07, 6.45) is -1.44. The minimum Gasteiger partial charge on any atom is -0.480 e. The van der Waals surface area contributed by atoms with Crippen LogP contribution in [-0.4, -0.2) is 89.7 Å². The maximum Gasteiger partial charge on any atom is 0.408 e. The number of ether oxygens (including phenoxy) is 2. The van der Waals surface area contributed by atoms with Gasteiger partial charge in [0.05, 0.1) is 12.6 Å². The Balaban J connectivity index is 1.18. The van der Waals surface area contributed by atoms with Crippen molar-refractivity contribution < 1.29 is 48.1 Å². The van der Waals surface area contributed by atoms with Crippen LogP contribution in [0, 0.1) is 5.92 Å². The van der Waals surface area contributed by atoms with Crippen molar-refractivity contribution in [2.24, 2.45) is 5.92 Å². The van der Waals surface area contributed by atoms with Crippen LogP contribution in [0.1, 0.15) is 49.8 Å². The number of nitrogens with one attached hydrogen (secondary N) is 5. The minimum atomic E-state index is -1.49. The number of thioether (sulfide) groups is 1. The van der Waals surface area contributed by atoms with Gasteiger partial charge in [-0.05, 0) is 47.1 Å². The van der Waals surface area contributed by atoms with Gasteiger partial charge in [0.1, 0.15) is 31.8 Å². The summed E-state index contributed by atoms with van der Waals surface area (Å²) in [5.41, 5.74) is 4.98. The van der Waals surface area contributed by atoms with E-state index < -0.39 is 72.2 Å². The summed E-state index contributed by atoms with van der Waals surface area (Å²) >= 11 is 0.594. The molecule has 292 valence electrons. The smallest absolute Gasteiger partial charge is 0.408 e. The third kappa shape index (κ3) is 12.9. The normalized spacial score (nSPS) is 13.2. The lowest BCUT2D eigenvalue weighted by molar-refractivity contribution is -0.141. The Labute approximate surface area is 322 Å². The van der Waals surface area contributed by atoms with Gasteiger partial charge >= 0.3 is 18.2 Å². The number of rotatable bonds is 18. The van der Waals surface area contributed by atoms with Crippen LogP contribution in [0.25, 0.3) is 11.1 Å². The van der Waals surface area contributed by atoms with Gasteiger partial charge in [-0.25, -0.2) is 14.4 Å². The van der Waals surface area contributed by atoms with Gasteiger partial charge in [-0.15, -0.1) is 0 Å². The highest BCUT2D eigenvalue weighted by atomic mass is 32.2. The number of amides is 5. The Morgan fingerprint density at radius 3 is 1.85 bits per heavy atom. The molecule has 6 N–H and O–H groups in total. The average Bonchev–Trinajstić information content (AvgIpc) is 3.49. The van der Waals surface area contributed by atoms with Crippen LogP contribution in [0.3, 0.4) is 0 Å². The Morgan fingerprint density at radius 2 is 1.25 bits per heavy atom. The van der Waals surface area contributed by atoms with Gasteiger partial charge in [0, 0.05) is 11.7 Å². The van der Waals surface area contributed by atoms with Crippen LogP contribution in [-0.2, 0) is 40.1 Å². The molecule has 0 radical (unpaired) electrons. The largest absolute Gasteiger partial charge is 0.480 e. The van der Waals surface area contributed by atoms with Gasteiger partial charge in [-0.2, -0.15) is 0 Å². The lowest BCUT2D eigenvalue weighted by Crippen LogP contribution is -2.52. The molecule has 0 heterocycles. The number of hydrogen-bond donors (Lipinski definition) is 6. The summed E-state index contributed by atoms with van der Waals surface area (Å²) in [5.74, 6) is -4.21. The Morgan fingerprint density at radius 1 is 0.691 bits per heavy atom. The van der Waals surface area contributed by atoms with Crippen molar-refractivity contribution >= 4 is 52.8 Å². The zero-order valence-corrected chi connectivity index (χ0v) is 31.5. The zero-order valence-electron chi connectivity index (χ0n) is 30.7. The SMILES string of the molecule is CC(C)C[C@H](NC(=O)CNC(=O)OCC1c2ccccc2-c2ccccc21)C(=O)NCC(=O)N[C@@H](CSC(=O)[C@H](C)NC(=O)OCc1ccccc1)C(=O)O. The van der Waals surface area contributed by atoms with Crippen LogP contribution < -0.4 is 26.6 Å². The summed E-state index contributed by atoms with van der Waals surface area (Å²) in [7, 11) is 0. The molecular formula is C39H45N5O10S. The molecule has 15 nitrogen and oxygen atoms in total. The summed E-state index contributed by atoms with van der Waals surface area (Å²) in [5, 5.41) is 21.0. The van der Waals surface area contributed by atoms with E-state index in [9.17, 15) is 38.7 Å². The molecule has 0 bridgehead atoms. The minimum absolute atomic E-state index is 0.00413. The summed E-state index contributed by atoms with van der Waals surface area (Å²) < 4.78 is 10.6. The second-order valence-electron chi connectivity index (χ2n) is 13.2. The third-order valence-electron chi connectivity index (χ3n) is 8.45. The Kier molecular flexibility index (Phi) is 15.6. The first-order valence-corrected chi connectivity index (χ1v) is 18.6. The molecule has 3 aromatic carbocycles. The number of carboxylic acids is 1. The molecule has 4 rings (SSSR count). The van der Waals surface area contributed by atoms with Gasteiger partial charge < -0.3 is 41.2 Å². The van der Waals surface area contributed by atoms with E-state index in [1.165, 1.54) is 6.92 Å². The molecule has 0 saturated heterocycles. The predicted octanol–water partition coefficient (Wildman–Crippen LogP) is 3.32. The molecule has 5 amide bonds. The summed E-state index contributed by atoms with van der Waals surface area (Å²) in [4.78, 5) is 87.4. The number of hydrogen-bond acceptors (Lipinski definition) is 10. The molecule has 0 spiro atoms. The lowest BCUT2D eigenvalue weighted by atomic mass is 9.98. The number of carbonyl (C=O) groups excluding carboxylic acids is 6. The number of aliphatic carboxylic acids is 1. The lowest BCUT2D eigenvalue weighted by Gasteiger charge is -2.21. The zero-order chi connectivity index (χ0) is 39.9. The molecule has 55 heavy (non-hydrogen) atoms. The van der Waals surface area contributed by atoms with Crippen molar-refractivity contribution in [1.82, 2.24) is 26.6 Å². The summed E-state index contributed by atoms with van der Waals surface area (Å²) in [6.45, 7) is 4.03. The quantitative estimate of drug-likeness (QED) is 0.110. The van der Waals surface area contributed by atoms with Crippen LogP contribution >= 0.6 is 11.8 Å². The highest BCUT2D eigenvalue weighted by Crippen LogP contribution is 2.44. The molecule has 3 atom stereocenters. The van der Waals surface area contributed by atoms with Crippen molar-refractivity contribution in [3.05, 3.63) is 95.6 Å². The molecule has 0 aromatic heterocycles. The number of alkyl carbamates (subject to hydrolysis) is 2. The van der Waals surface area contributed by atoms with Gasteiger partial charge in [0.15, 0.2) is 0 Å². The van der Waals surface area contributed by atoms with E-state index >= 15 is 0 Å². The van der Waals surface area contributed by atoms with E-state index in [0.717, 1.165) is 27.8 Å². The van der Waals surface area contributed by atoms with E-state index in [4.69, 9.17) is 9.47 Å². The first-order chi connectivity index (χ1) is 26.3. The first kappa shape index (κ1) is 41.9. The Hall–Kier alpha value is -5.90. The van der Waals surface area contributed by atoms with Crippen LogP contribution in [0.4, 0.5) is 9.59 Å². The van der Waals surface area contributed by atoms with Gasteiger partial charge in [0.2, 0.25) is 22.8 Å². The molecule has 0 unspecified atom stereocenters. The average molecular weight is 776 g/mol. The van der Waals surface area contributed by atoms with Crippen molar-refractivity contribution in [3.63, 3.8) is 0 Å². The van der Waals surface area contributed by atoms with E-state index in [1.807, 2.05) is 68.4 Å². The molecule has 0 saturated carbocycles. The van der Waals surface area contributed by atoms with Gasteiger partial charge in [0.25, 0.3) is 0 Å². The maximum atomic E-state index is 13.0. The van der Waals surface area contributed by atoms with Crippen LogP contribution in [0.5, 0.6) is 0 Å². The van der Waals surface area contributed by atoms with Crippen LogP contribution in [0.2, 0.25) is 0 Å². The molecule has 0 aliphatic heterocycles. The van der Waals surface area contributed by atoms with Crippen LogP contribution in [0.15, 0.2) is 78.9 Å². The number of carbonyl (C=O) groups is 7.